The van der Waals surface area contributed by atoms with E-state index in [0.717, 1.165) is 38.8 Å². The maximum Gasteiger partial charge on any atom is 0.295 e. The number of hydrogen-bond donors (Lipinski definition) is 1. The standard InChI is InChI=1S/C16H23FN4O3/c1-2-18-3-5-19(6-4-18)15-12-14(20-7-9-24-10-8-20)13(17)11-16(15)21(22)23/h11-12H,2-10H2,1H3/p+1. The van der Waals surface area contributed by atoms with Crippen LogP contribution in [0.5, 0.6) is 0 Å². The maximum absolute atomic E-state index is 14.4. The lowest BCUT2D eigenvalue weighted by Crippen LogP contribution is -3.14. The van der Waals surface area contributed by atoms with Crippen LogP contribution in [0.25, 0.3) is 0 Å². The fourth-order valence-electron chi connectivity index (χ4n) is 3.40. The van der Waals surface area contributed by atoms with E-state index in [1.165, 1.54) is 4.90 Å². The van der Waals surface area contributed by atoms with Crippen molar-refractivity contribution in [2.45, 2.75) is 6.92 Å². The first-order valence-electron chi connectivity index (χ1n) is 8.49. The summed E-state index contributed by atoms with van der Waals surface area (Å²) in [7, 11) is 0. The molecule has 0 bridgehead atoms. The molecule has 0 aliphatic carbocycles. The van der Waals surface area contributed by atoms with Gasteiger partial charge in [0, 0.05) is 13.1 Å². The van der Waals surface area contributed by atoms with Gasteiger partial charge in [-0.2, -0.15) is 0 Å². The van der Waals surface area contributed by atoms with E-state index >= 15 is 0 Å². The third kappa shape index (κ3) is 3.44. The zero-order chi connectivity index (χ0) is 17.1. The molecule has 1 aromatic rings. The van der Waals surface area contributed by atoms with E-state index in [1.807, 2.05) is 9.80 Å². The molecule has 132 valence electrons. The number of benzene rings is 1. The molecule has 1 N–H and O–H groups in total. The Balaban J connectivity index is 1.91. The van der Waals surface area contributed by atoms with E-state index in [-0.39, 0.29) is 5.69 Å². The molecule has 3 rings (SSSR count). The number of hydrogen-bond acceptors (Lipinski definition) is 5. The second kappa shape index (κ2) is 7.31. The second-order valence-electron chi connectivity index (χ2n) is 6.24. The zero-order valence-corrected chi connectivity index (χ0v) is 14.0. The lowest BCUT2D eigenvalue weighted by atomic mass is 10.1. The molecule has 2 aliphatic heterocycles. The van der Waals surface area contributed by atoms with Gasteiger partial charge in [-0.3, -0.25) is 10.1 Å². The van der Waals surface area contributed by atoms with Gasteiger partial charge in [-0.15, -0.1) is 0 Å². The van der Waals surface area contributed by atoms with Crippen LogP contribution in [0.1, 0.15) is 6.92 Å². The van der Waals surface area contributed by atoms with E-state index in [2.05, 4.69) is 6.92 Å². The Morgan fingerprint density at radius 2 is 1.79 bits per heavy atom. The third-order valence-corrected chi connectivity index (χ3v) is 4.90. The molecule has 2 aliphatic rings. The van der Waals surface area contributed by atoms with Crippen LogP contribution < -0.4 is 14.7 Å². The highest BCUT2D eigenvalue weighted by atomic mass is 19.1. The highest BCUT2D eigenvalue weighted by Gasteiger charge is 2.28. The van der Waals surface area contributed by atoms with Crippen molar-refractivity contribution >= 4 is 17.1 Å². The first-order valence-corrected chi connectivity index (χ1v) is 8.49. The first kappa shape index (κ1) is 16.9. The highest BCUT2D eigenvalue weighted by molar-refractivity contribution is 5.71. The smallest absolute Gasteiger partial charge is 0.295 e. The highest BCUT2D eigenvalue weighted by Crippen LogP contribution is 2.35. The van der Waals surface area contributed by atoms with Crippen molar-refractivity contribution in [2.24, 2.45) is 0 Å². The van der Waals surface area contributed by atoms with Gasteiger partial charge in [0.25, 0.3) is 5.69 Å². The number of morpholine rings is 1. The predicted molar refractivity (Wildman–Crippen MR) is 89.5 cm³/mol. The summed E-state index contributed by atoms with van der Waals surface area (Å²) < 4.78 is 19.8. The lowest BCUT2D eigenvalue weighted by molar-refractivity contribution is -0.898. The van der Waals surface area contributed by atoms with Crippen molar-refractivity contribution in [1.82, 2.24) is 0 Å². The van der Waals surface area contributed by atoms with E-state index in [0.29, 0.717) is 37.7 Å². The van der Waals surface area contributed by atoms with Crippen LogP contribution in [0.2, 0.25) is 0 Å². The van der Waals surface area contributed by atoms with Crippen LogP contribution in [0.15, 0.2) is 12.1 Å². The Kier molecular flexibility index (Phi) is 5.15. The first-order chi connectivity index (χ1) is 11.6. The van der Waals surface area contributed by atoms with Crippen molar-refractivity contribution in [2.75, 3.05) is 68.8 Å². The van der Waals surface area contributed by atoms with Crippen molar-refractivity contribution in [3.05, 3.63) is 28.1 Å². The van der Waals surface area contributed by atoms with Crippen LogP contribution in [-0.4, -0.2) is 64.0 Å². The zero-order valence-electron chi connectivity index (χ0n) is 14.0. The SMILES string of the molecule is CC[NH+]1CCN(c2cc(N3CCOCC3)c(F)cc2[N+](=O)[O-])CC1. The number of piperazine rings is 1. The molecular weight excluding hydrogens is 315 g/mol. The molecular formula is C16H24FN4O3+. The van der Waals surface area contributed by atoms with Gasteiger partial charge >= 0.3 is 0 Å². The second-order valence-corrected chi connectivity index (χ2v) is 6.24. The molecule has 7 nitrogen and oxygen atoms in total. The molecule has 0 aromatic heterocycles. The fourth-order valence-corrected chi connectivity index (χ4v) is 3.40. The van der Waals surface area contributed by atoms with Gasteiger partial charge in [0.2, 0.25) is 0 Å². The number of anilines is 2. The summed E-state index contributed by atoms with van der Waals surface area (Å²) in [5, 5.41) is 11.4. The quantitative estimate of drug-likeness (QED) is 0.631. The topological polar surface area (TPSA) is 63.3 Å². The number of ether oxygens (including phenoxy) is 1. The largest absolute Gasteiger partial charge is 0.378 e. The predicted octanol–water partition coefficient (Wildman–Crippen LogP) is 0.295. The number of nitro benzene ring substituents is 1. The molecule has 0 spiro atoms. The minimum absolute atomic E-state index is 0.149. The van der Waals surface area contributed by atoms with Gasteiger partial charge in [-0.1, -0.05) is 0 Å². The fraction of sp³-hybridized carbons (Fsp3) is 0.625. The Bertz CT molecular complexity index is 599. The number of nitrogens with zero attached hydrogens (tertiary/aromatic N) is 3. The van der Waals surface area contributed by atoms with E-state index in [9.17, 15) is 14.5 Å². The molecule has 0 atom stereocenters. The van der Waals surface area contributed by atoms with Crippen molar-refractivity contribution < 1.29 is 19.0 Å². The molecule has 8 heteroatoms. The average molecular weight is 339 g/mol. The van der Waals surface area contributed by atoms with Gasteiger partial charge < -0.3 is 19.4 Å². The summed E-state index contributed by atoms with van der Waals surface area (Å²) in [6.45, 7) is 8.87. The monoisotopic (exact) mass is 339 g/mol. The van der Waals surface area contributed by atoms with Crippen molar-refractivity contribution in [3.8, 4) is 0 Å². The summed E-state index contributed by atoms with van der Waals surface area (Å²) in [4.78, 5) is 16.3. The Morgan fingerprint density at radius 3 is 2.38 bits per heavy atom. The van der Waals surface area contributed by atoms with Gasteiger partial charge in [0.1, 0.15) is 5.69 Å². The Labute approximate surface area is 140 Å². The van der Waals surface area contributed by atoms with Crippen molar-refractivity contribution in [3.63, 3.8) is 0 Å². The van der Waals surface area contributed by atoms with Gasteiger partial charge in [-0.25, -0.2) is 4.39 Å². The molecule has 0 radical (unpaired) electrons. The van der Waals surface area contributed by atoms with Crippen LogP contribution >= 0.6 is 0 Å². The summed E-state index contributed by atoms with van der Waals surface area (Å²) >= 11 is 0. The number of halogens is 1. The normalized spacial score (nSPS) is 19.6. The minimum atomic E-state index is -0.537. The summed E-state index contributed by atoms with van der Waals surface area (Å²) in [6, 6.07) is 2.72. The van der Waals surface area contributed by atoms with Crippen LogP contribution in [0.3, 0.4) is 0 Å². The van der Waals surface area contributed by atoms with Gasteiger partial charge in [0.15, 0.2) is 5.82 Å². The molecule has 0 saturated carbocycles. The average Bonchev–Trinajstić information content (AvgIpc) is 2.62. The van der Waals surface area contributed by atoms with Crippen LogP contribution in [-0.2, 0) is 4.74 Å². The summed E-state index contributed by atoms with van der Waals surface area (Å²) in [6.07, 6.45) is 0. The van der Waals surface area contributed by atoms with Crippen LogP contribution in [0.4, 0.5) is 21.5 Å². The third-order valence-electron chi connectivity index (χ3n) is 4.90. The van der Waals surface area contributed by atoms with Crippen molar-refractivity contribution in [1.29, 1.82) is 0 Å². The number of quaternary nitrogens is 1. The lowest BCUT2D eigenvalue weighted by Gasteiger charge is -2.34. The van der Waals surface area contributed by atoms with Crippen LogP contribution in [0, 0.1) is 15.9 Å². The number of rotatable bonds is 4. The maximum atomic E-state index is 14.4. The van der Waals surface area contributed by atoms with E-state index < -0.39 is 10.7 Å². The van der Waals surface area contributed by atoms with E-state index in [4.69, 9.17) is 4.74 Å². The number of likely N-dealkylation sites (N-methyl/N-ethyl adjacent to an activating group) is 1. The van der Waals surface area contributed by atoms with E-state index in [1.54, 1.807) is 6.07 Å². The molecule has 24 heavy (non-hydrogen) atoms. The Morgan fingerprint density at radius 1 is 1.17 bits per heavy atom. The molecule has 2 fully saturated rings. The molecule has 2 heterocycles. The number of nitrogens with one attached hydrogen (secondary N) is 1. The Hall–Kier alpha value is -1.93. The minimum Gasteiger partial charge on any atom is -0.378 e. The van der Waals surface area contributed by atoms with Gasteiger partial charge in [-0.05, 0) is 13.0 Å². The molecule has 0 amide bonds. The summed E-state index contributed by atoms with van der Waals surface area (Å²) in [5.41, 5.74) is 0.812. The summed E-state index contributed by atoms with van der Waals surface area (Å²) in [5.74, 6) is -0.537. The molecule has 2 saturated heterocycles. The van der Waals surface area contributed by atoms with Gasteiger partial charge in [0.05, 0.1) is 62.6 Å². The number of nitro groups is 1. The molecule has 0 unspecified atom stereocenters. The molecule has 1 aromatic carbocycles.